The van der Waals surface area contributed by atoms with Gasteiger partial charge in [0.25, 0.3) is 10.2 Å². The van der Waals surface area contributed by atoms with E-state index in [0.717, 1.165) is 25.9 Å². The maximum Gasteiger partial charge on any atom is 0.279 e. The van der Waals surface area contributed by atoms with Crippen LogP contribution in [0.2, 0.25) is 0 Å². The lowest BCUT2D eigenvalue weighted by Crippen LogP contribution is -2.39. The van der Waals surface area contributed by atoms with E-state index < -0.39 is 10.2 Å². The van der Waals surface area contributed by atoms with Gasteiger partial charge in [0, 0.05) is 13.6 Å². The number of hydrogen-bond donors (Lipinski definition) is 2. The molecule has 9 heteroatoms. The van der Waals surface area contributed by atoms with E-state index in [0.29, 0.717) is 12.4 Å². The summed E-state index contributed by atoms with van der Waals surface area (Å²) in [4.78, 5) is 3.94. The molecule has 0 saturated heterocycles. The van der Waals surface area contributed by atoms with Crippen LogP contribution in [0.25, 0.3) is 0 Å². The number of rotatable bonds is 10. The highest BCUT2D eigenvalue weighted by Gasteiger charge is 2.17. The average molecular weight is 305 g/mol. The topological polar surface area (TPSA) is 100 Å². The van der Waals surface area contributed by atoms with Crippen molar-refractivity contribution in [3.8, 4) is 0 Å². The van der Waals surface area contributed by atoms with Crippen molar-refractivity contribution in [3.63, 3.8) is 0 Å². The lowest BCUT2D eigenvalue weighted by atomic mass is 10.4. The Morgan fingerprint density at radius 3 is 2.70 bits per heavy atom. The Balaban J connectivity index is 2.31. The molecular formula is C11H23N5O3S. The van der Waals surface area contributed by atoms with Gasteiger partial charge in [-0.2, -0.15) is 22.4 Å². The number of aromatic nitrogens is 2. The molecule has 1 aromatic heterocycles. The Labute approximate surface area is 120 Å². The maximum atomic E-state index is 11.9. The minimum Gasteiger partial charge on any atom is -0.338 e. The smallest absolute Gasteiger partial charge is 0.279 e. The van der Waals surface area contributed by atoms with Crippen molar-refractivity contribution in [1.29, 1.82) is 0 Å². The molecule has 0 aliphatic carbocycles. The molecule has 0 unspecified atom stereocenters. The molecule has 0 spiro atoms. The van der Waals surface area contributed by atoms with Gasteiger partial charge in [0.2, 0.25) is 5.89 Å². The SMILES string of the molecule is CCCNCCCN(C)S(=O)(=O)NCc1nc(C)no1. The third kappa shape index (κ3) is 5.95. The molecule has 1 aromatic rings. The summed E-state index contributed by atoms with van der Waals surface area (Å²) in [6.45, 7) is 5.97. The van der Waals surface area contributed by atoms with Crippen LogP contribution in [-0.2, 0) is 16.8 Å². The summed E-state index contributed by atoms with van der Waals surface area (Å²) >= 11 is 0. The zero-order valence-electron chi connectivity index (χ0n) is 12.2. The van der Waals surface area contributed by atoms with Crippen molar-refractivity contribution in [2.75, 3.05) is 26.7 Å². The molecular weight excluding hydrogens is 282 g/mol. The molecule has 0 aromatic carbocycles. The van der Waals surface area contributed by atoms with Crippen LogP contribution >= 0.6 is 0 Å². The summed E-state index contributed by atoms with van der Waals surface area (Å²) in [6, 6.07) is 0. The molecule has 1 heterocycles. The Morgan fingerprint density at radius 2 is 2.10 bits per heavy atom. The van der Waals surface area contributed by atoms with E-state index in [-0.39, 0.29) is 12.4 Å². The van der Waals surface area contributed by atoms with Crippen molar-refractivity contribution in [3.05, 3.63) is 11.7 Å². The van der Waals surface area contributed by atoms with Crippen molar-refractivity contribution < 1.29 is 12.9 Å². The Kier molecular flexibility index (Phi) is 7.06. The van der Waals surface area contributed by atoms with E-state index in [9.17, 15) is 8.42 Å². The van der Waals surface area contributed by atoms with E-state index in [1.165, 1.54) is 4.31 Å². The van der Waals surface area contributed by atoms with E-state index >= 15 is 0 Å². The second-order valence-electron chi connectivity index (χ2n) is 4.49. The summed E-state index contributed by atoms with van der Waals surface area (Å²) in [6.07, 6.45) is 1.83. The number of nitrogens with one attached hydrogen (secondary N) is 2. The van der Waals surface area contributed by atoms with Crippen LogP contribution in [0.15, 0.2) is 4.52 Å². The van der Waals surface area contributed by atoms with Gasteiger partial charge in [-0.3, -0.25) is 0 Å². The average Bonchev–Trinajstić information content (AvgIpc) is 2.82. The second-order valence-corrected chi connectivity index (χ2v) is 6.35. The maximum absolute atomic E-state index is 11.9. The van der Waals surface area contributed by atoms with E-state index in [4.69, 9.17) is 4.52 Å². The summed E-state index contributed by atoms with van der Waals surface area (Å²) in [7, 11) is -1.97. The lowest BCUT2D eigenvalue weighted by molar-refractivity contribution is 0.368. The standard InChI is InChI=1S/C11H23N5O3S/c1-4-6-12-7-5-8-16(3)20(17,18)13-9-11-14-10(2)15-19-11/h12-13H,4-9H2,1-3H3. The molecule has 0 aliphatic heterocycles. The van der Waals surface area contributed by atoms with Crippen LogP contribution < -0.4 is 10.0 Å². The summed E-state index contributed by atoms with van der Waals surface area (Å²) in [5, 5.41) is 6.82. The fraction of sp³-hybridized carbons (Fsp3) is 0.818. The molecule has 0 saturated carbocycles. The molecule has 0 radical (unpaired) electrons. The van der Waals surface area contributed by atoms with Crippen molar-refractivity contribution >= 4 is 10.2 Å². The van der Waals surface area contributed by atoms with Crippen molar-refractivity contribution in [2.24, 2.45) is 0 Å². The molecule has 0 amide bonds. The number of aryl methyl sites for hydroxylation is 1. The van der Waals surface area contributed by atoms with Crippen molar-refractivity contribution in [2.45, 2.75) is 33.2 Å². The first kappa shape index (κ1) is 17.0. The van der Waals surface area contributed by atoms with E-state index in [2.05, 4.69) is 27.1 Å². The van der Waals surface area contributed by atoms with Gasteiger partial charge in [-0.05, 0) is 32.9 Å². The van der Waals surface area contributed by atoms with Gasteiger partial charge in [-0.15, -0.1) is 0 Å². The van der Waals surface area contributed by atoms with Crippen LogP contribution in [0, 0.1) is 6.92 Å². The summed E-state index contributed by atoms with van der Waals surface area (Å²) < 4.78 is 32.4. The van der Waals surface area contributed by atoms with Crippen LogP contribution in [0.3, 0.4) is 0 Å². The first-order valence-corrected chi connectivity index (χ1v) is 8.10. The Morgan fingerprint density at radius 1 is 1.35 bits per heavy atom. The number of nitrogens with zero attached hydrogens (tertiary/aromatic N) is 3. The zero-order chi connectivity index (χ0) is 15.0. The van der Waals surface area contributed by atoms with Gasteiger partial charge < -0.3 is 9.84 Å². The van der Waals surface area contributed by atoms with Crippen LogP contribution in [-0.4, -0.2) is 49.5 Å². The highest BCUT2D eigenvalue weighted by Crippen LogP contribution is 2.00. The van der Waals surface area contributed by atoms with Gasteiger partial charge in [-0.25, -0.2) is 0 Å². The monoisotopic (exact) mass is 305 g/mol. The van der Waals surface area contributed by atoms with E-state index in [1.807, 2.05) is 0 Å². The third-order valence-electron chi connectivity index (χ3n) is 2.64. The molecule has 0 atom stereocenters. The third-order valence-corrected chi connectivity index (χ3v) is 4.15. The molecule has 20 heavy (non-hydrogen) atoms. The van der Waals surface area contributed by atoms with Gasteiger partial charge in [0.05, 0.1) is 6.54 Å². The summed E-state index contributed by atoms with van der Waals surface area (Å²) in [5.41, 5.74) is 0. The van der Waals surface area contributed by atoms with Crippen LogP contribution in [0.5, 0.6) is 0 Å². The first-order valence-electron chi connectivity index (χ1n) is 6.66. The quantitative estimate of drug-likeness (QED) is 0.592. The highest BCUT2D eigenvalue weighted by molar-refractivity contribution is 7.87. The second kappa shape index (κ2) is 8.30. The van der Waals surface area contributed by atoms with Crippen LogP contribution in [0.1, 0.15) is 31.5 Å². The molecule has 0 aliphatic rings. The normalized spacial score (nSPS) is 12.2. The lowest BCUT2D eigenvalue weighted by Gasteiger charge is -2.17. The number of hydrogen-bond acceptors (Lipinski definition) is 6. The molecule has 0 bridgehead atoms. The fourth-order valence-electron chi connectivity index (χ4n) is 1.52. The predicted molar refractivity (Wildman–Crippen MR) is 75.2 cm³/mol. The van der Waals surface area contributed by atoms with Crippen LogP contribution in [0.4, 0.5) is 0 Å². The summed E-state index contributed by atoms with van der Waals surface area (Å²) in [5.74, 6) is 0.735. The first-order chi connectivity index (χ1) is 9.45. The van der Waals surface area contributed by atoms with Gasteiger partial charge in [0.15, 0.2) is 5.82 Å². The minimum absolute atomic E-state index is 0.00159. The molecule has 0 fully saturated rings. The molecule has 116 valence electrons. The van der Waals surface area contributed by atoms with Crippen molar-refractivity contribution in [1.82, 2.24) is 24.5 Å². The zero-order valence-corrected chi connectivity index (χ0v) is 13.0. The molecule has 8 nitrogen and oxygen atoms in total. The molecule has 1 rings (SSSR count). The van der Waals surface area contributed by atoms with Gasteiger partial charge >= 0.3 is 0 Å². The predicted octanol–water partition coefficient (Wildman–Crippen LogP) is 0.0339. The molecule has 2 N–H and O–H groups in total. The minimum atomic E-state index is -3.51. The van der Waals surface area contributed by atoms with Gasteiger partial charge in [0.1, 0.15) is 0 Å². The highest BCUT2D eigenvalue weighted by atomic mass is 32.2. The Bertz CT molecular complexity index is 488. The fourth-order valence-corrected chi connectivity index (χ4v) is 2.42. The Hall–Kier alpha value is -1.03. The van der Waals surface area contributed by atoms with Gasteiger partial charge in [-0.1, -0.05) is 12.1 Å². The van der Waals surface area contributed by atoms with E-state index in [1.54, 1.807) is 14.0 Å². The largest absolute Gasteiger partial charge is 0.338 e.